The van der Waals surface area contributed by atoms with Crippen molar-refractivity contribution < 1.29 is 0 Å². The summed E-state index contributed by atoms with van der Waals surface area (Å²) in [7, 11) is 0. The molecule has 0 saturated carbocycles. The highest BCUT2D eigenvalue weighted by Crippen LogP contribution is 2.47. The molecule has 0 atom stereocenters. The molecule has 2 heteroatoms. The van der Waals surface area contributed by atoms with E-state index in [2.05, 4.69) is 231 Å². The van der Waals surface area contributed by atoms with E-state index in [1.807, 2.05) is 12.1 Å². The third kappa shape index (κ3) is 6.44. The summed E-state index contributed by atoms with van der Waals surface area (Å²) in [6, 6.07) is 87.1. The lowest BCUT2D eigenvalue weighted by Gasteiger charge is -2.20. The highest BCUT2D eigenvalue weighted by atomic mass is 14.8. The Morgan fingerprint density at radius 3 is 0.953 bits per heavy atom. The Balaban J connectivity index is 1.08. The van der Waals surface area contributed by atoms with E-state index >= 15 is 0 Å². The van der Waals surface area contributed by atoms with Gasteiger partial charge in [0.15, 0.2) is 0 Å². The average Bonchev–Trinajstić information content (AvgIpc) is 3.38. The van der Waals surface area contributed by atoms with E-state index in [1.165, 1.54) is 49.4 Å². The molecule has 2 nitrogen and oxygen atoms in total. The molecule has 10 aromatic carbocycles. The number of benzene rings is 10. The summed E-state index contributed by atoms with van der Waals surface area (Å²) < 4.78 is 0. The minimum Gasteiger partial charge on any atom is -0.245 e. The second-order valence-corrected chi connectivity index (χ2v) is 16.4. The van der Waals surface area contributed by atoms with Crippen LogP contribution < -0.4 is 0 Å². The van der Waals surface area contributed by atoms with Crippen LogP contribution in [0.5, 0.6) is 0 Å². The van der Waals surface area contributed by atoms with Crippen LogP contribution >= 0.6 is 0 Å². The maximum absolute atomic E-state index is 5.44. The van der Waals surface area contributed by atoms with Gasteiger partial charge in [-0.3, -0.25) is 0 Å². The molecule has 0 fully saturated rings. The fourth-order valence-electron chi connectivity index (χ4n) is 9.71. The molecule has 0 aliphatic heterocycles. The molecule has 12 aromatic rings. The monoisotopic (exact) mass is 812 g/mol. The van der Waals surface area contributed by atoms with Crippen LogP contribution in [0.25, 0.3) is 122 Å². The SMILES string of the molecule is c1ccc(-c2ccc3c(-c4ccccc4)c(-c4ccc(-c5ccc6c(-c7ccccc7)c7ccccc7c(-c7ccccc7)c6c5)cc4)c4ccc(-c5ccccc5)nc4c3n2)cc1. The van der Waals surface area contributed by atoms with E-state index in [-0.39, 0.29) is 0 Å². The van der Waals surface area contributed by atoms with Gasteiger partial charge >= 0.3 is 0 Å². The highest BCUT2D eigenvalue weighted by molar-refractivity contribution is 6.22. The van der Waals surface area contributed by atoms with Crippen molar-refractivity contribution in [3.05, 3.63) is 243 Å². The Labute approximate surface area is 372 Å². The van der Waals surface area contributed by atoms with Crippen LogP contribution in [0, 0.1) is 0 Å². The molecule has 0 spiro atoms. The van der Waals surface area contributed by atoms with Gasteiger partial charge < -0.3 is 0 Å². The van der Waals surface area contributed by atoms with Gasteiger partial charge in [0.05, 0.1) is 22.4 Å². The van der Waals surface area contributed by atoms with Crippen molar-refractivity contribution in [1.82, 2.24) is 9.97 Å². The number of aromatic nitrogens is 2. The lowest BCUT2D eigenvalue weighted by molar-refractivity contribution is 1.36. The van der Waals surface area contributed by atoms with E-state index in [0.29, 0.717) is 0 Å². The molecule has 0 amide bonds. The number of fused-ring (bicyclic) bond motifs is 5. The zero-order chi connectivity index (χ0) is 42.4. The number of hydrogen-bond acceptors (Lipinski definition) is 2. The maximum atomic E-state index is 5.44. The van der Waals surface area contributed by atoms with Crippen LogP contribution in [-0.2, 0) is 0 Å². The van der Waals surface area contributed by atoms with Gasteiger partial charge in [0.1, 0.15) is 0 Å². The molecule has 0 saturated heterocycles. The molecular formula is C62H40N2. The van der Waals surface area contributed by atoms with Gasteiger partial charge in [0.2, 0.25) is 0 Å². The van der Waals surface area contributed by atoms with Crippen LogP contribution in [0.4, 0.5) is 0 Å². The quantitative estimate of drug-likeness (QED) is 0.118. The number of pyridine rings is 2. The molecular weight excluding hydrogens is 773 g/mol. The highest BCUT2D eigenvalue weighted by Gasteiger charge is 2.22. The maximum Gasteiger partial charge on any atom is 0.0979 e. The zero-order valence-corrected chi connectivity index (χ0v) is 35.0. The lowest BCUT2D eigenvalue weighted by atomic mass is 9.84. The minimum absolute atomic E-state index is 0.886. The van der Waals surface area contributed by atoms with Gasteiger partial charge in [0.25, 0.3) is 0 Å². The van der Waals surface area contributed by atoms with E-state index in [0.717, 1.165) is 72.1 Å². The summed E-state index contributed by atoms with van der Waals surface area (Å²) in [5, 5.41) is 7.12. The fourth-order valence-corrected chi connectivity index (χ4v) is 9.71. The summed E-state index contributed by atoms with van der Waals surface area (Å²) in [6.45, 7) is 0. The molecule has 0 aliphatic carbocycles. The molecule has 0 N–H and O–H groups in total. The van der Waals surface area contributed by atoms with Crippen molar-refractivity contribution in [1.29, 1.82) is 0 Å². The van der Waals surface area contributed by atoms with Crippen LogP contribution in [0.15, 0.2) is 243 Å². The van der Waals surface area contributed by atoms with Crippen LogP contribution in [-0.4, -0.2) is 9.97 Å². The Kier molecular flexibility index (Phi) is 9.20. The number of rotatable bonds is 7. The van der Waals surface area contributed by atoms with E-state index in [1.54, 1.807) is 0 Å². The predicted molar refractivity (Wildman–Crippen MR) is 270 cm³/mol. The van der Waals surface area contributed by atoms with E-state index in [4.69, 9.17) is 9.97 Å². The minimum atomic E-state index is 0.886. The van der Waals surface area contributed by atoms with Crippen molar-refractivity contribution in [3.8, 4) is 78.1 Å². The van der Waals surface area contributed by atoms with E-state index in [9.17, 15) is 0 Å². The zero-order valence-electron chi connectivity index (χ0n) is 35.0. The fraction of sp³-hybridized carbons (Fsp3) is 0. The summed E-state index contributed by atoms with van der Waals surface area (Å²) in [4.78, 5) is 10.9. The molecule has 298 valence electrons. The van der Waals surface area contributed by atoms with Gasteiger partial charge in [-0.05, 0) is 108 Å². The van der Waals surface area contributed by atoms with E-state index < -0.39 is 0 Å². The predicted octanol–water partition coefficient (Wildman–Crippen LogP) is 16.8. The van der Waals surface area contributed by atoms with Crippen LogP contribution in [0.3, 0.4) is 0 Å². The smallest absolute Gasteiger partial charge is 0.0979 e. The molecule has 0 radical (unpaired) electrons. The third-order valence-corrected chi connectivity index (χ3v) is 12.7. The average molecular weight is 813 g/mol. The third-order valence-electron chi connectivity index (χ3n) is 12.7. The summed E-state index contributed by atoms with van der Waals surface area (Å²) in [5.41, 5.74) is 17.6. The largest absolute Gasteiger partial charge is 0.245 e. The molecule has 0 bridgehead atoms. The van der Waals surface area contributed by atoms with Crippen LogP contribution in [0.1, 0.15) is 0 Å². The number of nitrogens with zero attached hydrogens (tertiary/aromatic N) is 2. The first-order valence-electron chi connectivity index (χ1n) is 21.9. The van der Waals surface area contributed by atoms with Crippen LogP contribution in [0.2, 0.25) is 0 Å². The van der Waals surface area contributed by atoms with Gasteiger partial charge in [-0.25, -0.2) is 9.97 Å². The van der Waals surface area contributed by atoms with Crippen molar-refractivity contribution >= 4 is 43.4 Å². The normalized spacial score (nSPS) is 11.4. The standard InChI is InChI=1S/C62H40N2/c1-6-18-42(19-7-1)55-38-36-52-59(46-26-14-5-15-27-46)60(53-37-39-56(43-20-8-2-9-21-43)64-62(53)61(52)63-55)47-32-30-41(31-33-47)48-34-35-51-54(40-48)58(45-24-12-4-13-25-45)50-29-17-16-28-49(50)57(51)44-22-10-3-11-23-44/h1-40H. The topological polar surface area (TPSA) is 25.8 Å². The van der Waals surface area contributed by atoms with Crippen molar-refractivity contribution in [2.75, 3.05) is 0 Å². The Morgan fingerprint density at radius 1 is 0.188 bits per heavy atom. The summed E-state index contributed by atoms with van der Waals surface area (Å²) in [5.74, 6) is 0. The number of hydrogen-bond donors (Lipinski definition) is 0. The molecule has 0 unspecified atom stereocenters. The first-order chi connectivity index (χ1) is 31.8. The van der Waals surface area contributed by atoms with Gasteiger partial charge in [-0.15, -0.1) is 0 Å². The second-order valence-electron chi connectivity index (χ2n) is 16.4. The van der Waals surface area contributed by atoms with Gasteiger partial charge in [0, 0.05) is 21.9 Å². The molecule has 0 aliphatic rings. The Morgan fingerprint density at radius 2 is 0.500 bits per heavy atom. The molecule has 2 aromatic heterocycles. The van der Waals surface area contributed by atoms with Gasteiger partial charge in [-0.1, -0.05) is 212 Å². The second kappa shape index (κ2) is 15.8. The lowest BCUT2D eigenvalue weighted by Crippen LogP contribution is -1.97. The Bertz CT molecular complexity index is 3660. The molecule has 64 heavy (non-hydrogen) atoms. The van der Waals surface area contributed by atoms with Crippen molar-refractivity contribution in [2.45, 2.75) is 0 Å². The summed E-state index contributed by atoms with van der Waals surface area (Å²) >= 11 is 0. The first-order valence-corrected chi connectivity index (χ1v) is 21.9. The van der Waals surface area contributed by atoms with Gasteiger partial charge in [-0.2, -0.15) is 0 Å². The van der Waals surface area contributed by atoms with Crippen molar-refractivity contribution in [2.24, 2.45) is 0 Å². The Hall–Kier alpha value is -8.46. The molecule has 12 rings (SSSR count). The van der Waals surface area contributed by atoms with Crippen molar-refractivity contribution in [3.63, 3.8) is 0 Å². The first kappa shape index (κ1) is 37.3. The molecule has 2 heterocycles. The summed E-state index contributed by atoms with van der Waals surface area (Å²) in [6.07, 6.45) is 0.